The van der Waals surface area contributed by atoms with Crippen molar-refractivity contribution in [2.75, 3.05) is 36.8 Å². The third kappa shape index (κ3) is 7.42. The van der Waals surface area contributed by atoms with Crippen LogP contribution in [-0.2, 0) is 16.8 Å². The number of carbonyl (C=O) groups excluding carboxylic acids is 1. The van der Waals surface area contributed by atoms with Crippen molar-refractivity contribution in [1.29, 1.82) is 0 Å². The van der Waals surface area contributed by atoms with E-state index >= 15 is 0 Å². The maximum atomic E-state index is 13.5. The number of hydrogen-bond donors (Lipinski definition) is 4. The van der Waals surface area contributed by atoms with Gasteiger partial charge in [-0.1, -0.05) is 13.0 Å². The van der Waals surface area contributed by atoms with Crippen LogP contribution in [0.4, 0.5) is 22.1 Å². The molecule has 3 aromatic heterocycles. The molecule has 0 saturated carbocycles. The molecule has 0 spiro atoms. The Bertz CT molecular complexity index is 1850. The lowest BCUT2D eigenvalue weighted by Gasteiger charge is -2.33. The maximum absolute atomic E-state index is 13.5. The van der Waals surface area contributed by atoms with E-state index in [-0.39, 0.29) is 17.7 Å². The van der Waals surface area contributed by atoms with Gasteiger partial charge in [0.25, 0.3) is 5.56 Å². The third-order valence-electron chi connectivity index (χ3n) is 9.30. The Morgan fingerprint density at radius 1 is 1.06 bits per heavy atom. The highest BCUT2D eigenvalue weighted by molar-refractivity contribution is 5.77. The number of nitrogens with one attached hydrogen (secondary N) is 3. The second-order valence-corrected chi connectivity index (χ2v) is 14.4. The summed E-state index contributed by atoms with van der Waals surface area (Å²) in [5.41, 5.74) is 2.30. The molecule has 4 N–H and O–H groups in total. The van der Waals surface area contributed by atoms with E-state index in [1.807, 2.05) is 77.9 Å². The molecule has 6 rings (SSSR count). The summed E-state index contributed by atoms with van der Waals surface area (Å²) in [6.45, 7) is 14.5. The van der Waals surface area contributed by atoms with Crippen molar-refractivity contribution in [3.8, 4) is 5.82 Å². The number of piperidine rings is 1. The Morgan fingerprint density at radius 2 is 1.78 bits per heavy atom. The van der Waals surface area contributed by atoms with Crippen LogP contribution in [0.25, 0.3) is 16.9 Å². The van der Waals surface area contributed by atoms with Gasteiger partial charge in [-0.15, -0.1) is 0 Å². The number of aromatic nitrogens is 5. The highest BCUT2D eigenvalue weighted by atomic mass is 16.6. The SMILES string of the molecule is CC[C@@]1(O)CCc2ccc(-n3c4nc(Nc5ccc(NCCNC6CCN(C(=O)OC(C)(C)C)CC6)cc5)ncc4c(=O)n3C(C)C)nc21. The van der Waals surface area contributed by atoms with Gasteiger partial charge in [0.2, 0.25) is 5.95 Å². The number of benzene rings is 1. The minimum absolute atomic E-state index is 0.161. The van der Waals surface area contributed by atoms with E-state index in [9.17, 15) is 14.7 Å². The first-order valence-corrected chi connectivity index (χ1v) is 17.4. The van der Waals surface area contributed by atoms with Gasteiger partial charge in [0.1, 0.15) is 16.6 Å². The Hall–Kier alpha value is -4.49. The molecule has 1 atom stereocenters. The molecular weight excluding hydrogens is 622 g/mol. The number of nitrogens with zero attached hydrogens (tertiary/aromatic N) is 6. The van der Waals surface area contributed by atoms with Crippen molar-refractivity contribution >= 4 is 34.4 Å². The van der Waals surface area contributed by atoms with Crippen LogP contribution in [-0.4, -0.2) is 78.2 Å². The Labute approximate surface area is 287 Å². The maximum Gasteiger partial charge on any atom is 0.410 e. The molecular formula is C36H49N9O4. The van der Waals surface area contributed by atoms with Crippen LogP contribution < -0.4 is 21.5 Å². The standard InChI is InChI=1S/C36H49N9O4/c1-7-36(48)17-14-24-8-13-29(41-30(24)36)45-31-28(32(46)44(45)23(2)3)22-39-33(42-31)40-27-11-9-25(10-12-27)37-18-19-38-26-15-20-43(21-16-26)34(47)49-35(4,5)6/h8-13,22-23,26,37-38,48H,7,14-21H2,1-6H3,(H,39,40,42)/t36-/m1/s1. The fourth-order valence-corrected chi connectivity index (χ4v) is 6.63. The van der Waals surface area contributed by atoms with Gasteiger partial charge < -0.3 is 30.7 Å². The van der Waals surface area contributed by atoms with Crippen LogP contribution in [0.15, 0.2) is 47.4 Å². The minimum Gasteiger partial charge on any atom is -0.444 e. The van der Waals surface area contributed by atoms with Crippen molar-refractivity contribution in [3.63, 3.8) is 0 Å². The lowest BCUT2D eigenvalue weighted by atomic mass is 9.98. The van der Waals surface area contributed by atoms with Gasteiger partial charge in [-0.3, -0.25) is 4.79 Å². The molecule has 0 radical (unpaired) electrons. The summed E-state index contributed by atoms with van der Waals surface area (Å²) in [6, 6.07) is 12.0. The number of pyridine rings is 1. The van der Waals surface area contributed by atoms with E-state index in [1.54, 1.807) is 20.5 Å². The van der Waals surface area contributed by atoms with Crippen molar-refractivity contribution in [1.82, 2.24) is 34.5 Å². The molecule has 4 heterocycles. The van der Waals surface area contributed by atoms with Gasteiger partial charge >= 0.3 is 6.09 Å². The molecule has 49 heavy (non-hydrogen) atoms. The molecule has 13 nitrogen and oxygen atoms in total. The largest absolute Gasteiger partial charge is 0.444 e. The van der Waals surface area contributed by atoms with Gasteiger partial charge in [0.15, 0.2) is 11.5 Å². The Kier molecular flexibility index (Phi) is 9.67. The van der Waals surface area contributed by atoms with Gasteiger partial charge in [-0.25, -0.2) is 24.1 Å². The predicted octanol–water partition coefficient (Wildman–Crippen LogP) is 5.25. The van der Waals surface area contributed by atoms with Gasteiger partial charge in [0, 0.05) is 55.8 Å². The van der Waals surface area contributed by atoms with E-state index in [4.69, 9.17) is 14.7 Å². The second kappa shape index (κ2) is 13.8. The zero-order valence-corrected chi connectivity index (χ0v) is 29.4. The zero-order valence-electron chi connectivity index (χ0n) is 29.4. The number of aliphatic hydroxyl groups is 1. The van der Waals surface area contributed by atoms with Gasteiger partial charge in [-0.2, -0.15) is 4.98 Å². The normalized spacial score (nSPS) is 18.2. The number of amides is 1. The molecule has 262 valence electrons. The molecule has 1 saturated heterocycles. The van der Waals surface area contributed by atoms with Crippen LogP contribution in [0.2, 0.25) is 0 Å². The molecule has 13 heteroatoms. The summed E-state index contributed by atoms with van der Waals surface area (Å²) >= 11 is 0. The molecule has 2 aliphatic rings. The number of anilines is 3. The van der Waals surface area contributed by atoms with E-state index < -0.39 is 11.2 Å². The van der Waals surface area contributed by atoms with Crippen molar-refractivity contribution < 1.29 is 14.6 Å². The molecule has 1 aliphatic heterocycles. The molecule has 0 bridgehead atoms. The first-order chi connectivity index (χ1) is 23.3. The van der Waals surface area contributed by atoms with Crippen molar-refractivity contribution in [2.24, 2.45) is 0 Å². The highest BCUT2D eigenvalue weighted by Crippen LogP contribution is 2.38. The van der Waals surface area contributed by atoms with E-state index in [0.717, 1.165) is 49.3 Å². The number of likely N-dealkylation sites (tertiary alicyclic amines) is 1. The smallest absolute Gasteiger partial charge is 0.410 e. The fourth-order valence-electron chi connectivity index (χ4n) is 6.63. The number of aryl methyl sites for hydroxylation is 1. The topological polar surface area (TPSA) is 151 Å². The quantitative estimate of drug-likeness (QED) is 0.165. The summed E-state index contributed by atoms with van der Waals surface area (Å²) in [4.78, 5) is 41.7. The molecule has 4 aromatic rings. The molecule has 0 unspecified atom stereocenters. The van der Waals surface area contributed by atoms with Crippen LogP contribution in [0, 0.1) is 0 Å². The first kappa shape index (κ1) is 34.4. The predicted molar refractivity (Wildman–Crippen MR) is 191 cm³/mol. The van der Waals surface area contributed by atoms with Crippen molar-refractivity contribution in [2.45, 2.75) is 96.9 Å². The molecule has 1 aromatic carbocycles. The summed E-state index contributed by atoms with van der Waals surface area (Å²) in [7, 11) is 0. The lowest BCUT2D eigenvalue weighted by Crippen LogP contribution is -2.47. The summed E-state index contributed by atoms with van der Waals surface area (Å²) in [5.74, 6) is 0.894. The fraction of sp³-hybridized carbons (Fsp3) is 0.528. The summed E-state index contributed by atoms with van der Waals surface area (Å²) in [5, 5.41) is 21.9. The minimum atomic E-state index is -0.973. The highest BCUT2D eigenvalue weighted by Gasteiger charge is 2.37. The van der Waals surface area contributed by atoms with E-state index in [0.29, 0.717) is 60.5 Å². The van der Waals surface area contributed by atoms with Gasteiger partial charge in [0.05, 0.1) is 5.69 Å². The van der Waals surface area contributed by atoms with Gasteiger partial charge in [-0.05, 0) is 103 Å². The molecule has 1 amide bonds. The van der Waals surface area contributed by atoms with Crippen LogP contribution in [0.1, 0.15) is 84.5 Å². The van der Waals surface area contributed by atoms with Crippen LogP contribution >= 0.6 is 0 Å². The average Bonchev–Trinajstić information content (AvgIpc) is 3.56. The van der Waals surface area contributed by atoms with E-state index in [2.05, 4.69) is 20.9 Å². The van der Waals surface area contributed by atoms with Crippen molar-refractivity contribution in [3.05, 3.63) is 64.2 Å². The molecule has 1 aliphatic carbocycles. The van der Waals surface area contributed by atoms with Crippen LogP contribution in [0.5, 0.6) is 0 Å². The first-order valence-electron chi connectivity index (χ1n) is 17.4. The number of fused-ring (bicyclic) bond motifs is 2. The monoisotopic (exact) mass is 671 g/mol. The van der Waals surface area contributed by atoms with Crippen LogP contribution in [0.3, 0.4) is 0 Å². The average molecular weight is 672 g/mol. The Morgan fingerprint density at radius 3 is 2.45 bits per heavy atom. The number of ether oxygens (including phenoxy) is 1. The second-order valence-electron chi connectivity index (χ2n) is 14.4. The Balaban J connectivity index is 1.08. The third-order valence-corrected chi connectivity index (χ3v) is 9.30. The molecule has 1 fully saturated rings. The summed E-state index contributed by atoms with van der Waals surface area (Å²) in [6.07, 6.45) is 5.10. The number of rotatable bonds is 10. The number of hydrogen-bond acceptors (Lipinski definition) is 10. The van der Waals surface area contributed by atoms with E-state index in [1.165, 1.54) is 0 Å². The number of carbonyl (C=O) groups is 1. The summed E-state index contributed by atoms with van der Waals surface area (Å²) < 4.78 is 8.88. The zero-order chi connectivity index (χ0) is 34.9. The lowest BCUT2D eigenvalue weighted by molar-refractivity contribution is 0.0198.